The van der Waals surface area contributed by atoms with Crippen molar-refractivity contribution in [3.8, 4) is 5.75 Å². The number of nitrogens with one attached hydrogen (secondary N) is 1. The van der Waals surface area contributed by atoms with Gasteiger partial charge in [-0.2, -0.15) is 0 Å². The number of amides is 2. The van der Waals surface area contributed by atoms with Gasteiger partial charge in [-0.25, -0.2) is 9.59 Å². The molecule has 0 fully saturated rings. The first-order valence-corrected chi connectivity index (χ1v) is 9.29. The van der Waals surface area contributed by atoms with Gasteiger partial charge in [-0.15, -0.1) is 0 Å². The highest BCUT2D eigenvalue weighted by Gasteiger charge is 2.26. The third kappa shape index (κ3) is 7.57. The van der Waals surface area contributed by atoms with Crippen LogP contribution >= 0.6 is 0 Å². The van der Waals surface area contributed by atoms with Crippen LogP contribution in [-0.2, 0) is 14.3 Å². The van der Waals surface area contributed by atoms with Crippen LogP contribution in [0.15, 0.2) is 66.7 Å². The molecular weight excluding hydrogens is 406 g/mol. The second-order valence-electron chi connectivity index (χ2n) is 6.18. The van der Waals surface area contributed by atoms with Crippen LogP contribution in [0.2, 0.25) is 0 Å². The summed E-state index contributed by atoms with van der Waals surface area (Å²) in [5.74, 6) is -1.36. The predicted octanol–water partition coefficient (Wildman–Crippen LogP) is 2.32. The van der Waals surface area contributed by atoms with E-state index in [4.69, 9.17) is 24.4 Å². The molecule has 2 aromatic carbocycles. The van der Waals surface area contributed by atoms with E-state index in [2.05, 4.69) is 5.32 Å². The van der Waals surface area contributed by atoms with Crippen LogP contribution in [0.25, 0.3) is 0 Å². The number of carboxylic acid groups (broad SMARTS) is 1. The summed E-state index contributed by atoms with van der Waals surface area (Å²) in [4.78, 5) is 35.5. The van der Waals surface area contributed by atoms with E-state index in [9.17, 15) is 14.4 Å². The molecule has 2 atom stereocenters. The zero-order valence-corrected chi connectivity index (χ0v) is 16.8. The number of aliphatic hydroxyl groups excluding tert-OH is 1. The third-order valence-electron chi connectivity index (χ3n) is 4.05. The standard InChI is InChI=1S/C22H23NO8/c1-29-18(11-12-19(25)26)20(15-7-9-17(10-8-15)30-14-13-24)31-22(28)23-21(27)16-5-3-2-4-6-16/h2-12,18,20,24H,13-14H2,1H3,(H,25,26)(H,23,27,28)/b12-11+/t18-,20-/m0/s1. The van der Waals surface area contributed by atoms with E-state index in [-0.39, 0.29) is 18.8 Å². The fraction of sp³-hybridized carbons (Fsp3) is 0.227. The molecule has 0 aliphatic heterocycles. The molecule has 2 rings (SSSR count). The van der Waals surface area contributed by atoms with Crippen LogP contribution in [0, 0.1) is 0 Å². The Kier molecular flexibility index (Phi) is 9.21. The lowest BCUT2D eigenvalue weighted by Crippen LogP contribution is -2.34. The van der Waals surface area contributed by atoms with Gasteiger partial charge < -0.3 is 24.4 Å². The minimum Gasteiger partial charge on any atom is -0.491 e. The molecule has 0 aliphatic carbocycles. The molecule has 164 valence electrons. The SMILES string of the molecule is CO[C@@H](/C=C/C(=O)O)[C@@H](OC(=O)NC(=O)c1ccccc1)c1ccc(OCCO)cc1. The van der Waals surface area contributed by atoms with Gasteiger partial charge >= 0.3 is 12.1 Å². The van der Waals surface area contributed by atoms with Crippen LogP contribution in [0.5, 0.6) is 5.75 Å². The number of hydrogen-bond acceptors (Lipinski definition) is 7. The normalized spacial score (nSPS) is 12.7. The van der Waals surface area contributed by atoms with E-state index in [1.54, 1.807) is 54.6 Å². The monoisotopic (exact) mass is 429 g/mol. The molecule has 0 spiro atoms. The van der Waals surface area contributed by atoms with Gasteiger partial charge in [0.15, 0.2) is 6.10 Å². The second kappa shape index (κ2) is 12.1. The Bertz CT molecular complexity index is 895. The highest BCUT2D eigenvalue weighted by Crippen LogP contribution is 2.26. The largest absolute Gasteiger partial charge is 0.491 e. The Morgan fingerprint density at radius 2 is 1.74 bits per heavy atom. The number of imide groups is 1. The minimum absolute atomic E-state index is 0.116. The van der Waals surface area contributed by atoms with Gasteiger partial charge in [-0.3, -0.25) is 10.1 Å². The maximum atomic E-state index is 12.4. The molecule has 31 heavy (non-hydrogen) atoms. The van der Waals surface area contributed by atoms with Gasteiger partial charge in [0.2, 0.25) is 0 Å². The summed E-state index contributed by atoms with van der Waals surface area (Å²) in [6.07, 6.45) is -0.926. The molecule has 9 nitrogen and oxygen atoms in total. The first kappa shape index (κ1) is 23.6. The number of rotatable bonds is 10. The van der Waals surface area contributed by atoms with Crippen LogP contribution in [0.4, 0.5) is 4.79 Å². The molecule has 3 N–H and O–H groups in total. The Morgan fingerprint density at radius 1 is 1.06 bits per heavy atom. The first-order valence-electron chi connectivity index (χ1n) is 9.29. The number of hydrogen-bond donors (Lipinski definition) is 3. The Labute approximate surface area is 178 Å². The van der Waals surface area contributed by atoms with Gasteiger partial charge in [0.25, 0.3) is 5.91 Å². The second-order valence-corrected chi connectivity index (χ2v) is 6.18. The molecule has 0 saturated heterocycles. The van der Waals surface area contributed by atoms with Crippen molar-refractivity contribution in [1.82, 2.24) is 5.32 Å². The molecule has 2 amide bonds. The summed E-state index contributed by atoms with van der Waals surface area (Å²) >= 11 is 0. The number of aliphatic hydroxyl groups is 1. The maximum Gasteiger partial charge on any atom is 0.414 e. The van der Waals surface area contributed by atoms with E-state index in [0.29, 0.717) is 11.3 Å². The van der Waals surface area contributed by atoms with Gasteiger partial charge in [0, 0.05) is 18.7 Å². The van der Waals surface area contributed by atoms with Crippen molar-refractivity contribution >= 4 is 18.0 Å². The van der Waals surface area contributed by atoms with Crippen LogP contribution in [0.1, 0.15) is 22.0 Å². The molecule has 0 radical (unpaired) electrons. The fourth-order valence-corrected chi connectivity index (χ4v) is 2.62. The average molecular weight is 429 g/mol. The van der Waals surface area contributed by atoms with Crippen molar-refractivity contribution < 1.29 is 38.8 Å². The van der Waals surface area contributed by atoms with Gasteiger partial charge in [0.05, 0.1) is 6.61 Å². The Balaban J connectivity index is 2.21. The Hall–Kier alpha value is -3.69. The summed E-state index contributed by atoms with van der Waals surface area (Å²) in [5.41, 5.74) is 0.746. The van der Waals surface area contributed by atoms with Crippen molar-refractivity contribution in [3.63, 3.8) is 0 Å². The lowest BCUT2D eigenvalue weighted by atomic mass is 10.0. The number of methoxy groups -OCH3 is 1. The summed E-state index contributed by atoms with van der Waals surface area (Å²) in [6, 6.07) is 14.5. The first-order chi connectivity index (χ1) is 14.9. The van der Waals surface area contributed by atoms with Crippen LogP contribution in [0.3, 0.4) is 0 Å². The topological polar surface area (TPSA) is 131 Å². The summed E-state index contributed by atoms with van der Waals surface area (Å²) < 4.78 is 16.0. The quantitative estimate of drug-likeness (QED) is 0.491. The van der Waals surface area contributed by atoms with E-state index >= 15 is 0 Å². The van der Waals surface area contributed by atoms with E-state index in [0.717, 1.165) is 6.08 Å². The molecule has 0 heterocycles. The van der Waals surface area contributed by atoms with Crippen molar-refractivity contribution in [2.45, 2.75) is 12.2 Å². The number of benzene rings is 2. The number of aliphatic carboxylic acids is 1. The predicted molar refractivity (Wildman–Crippen MR) is 110 cm³/mol. The third-order valence-corrected chi connectivity index (χ3v) is 4.05. The maximum absolute atomic E-state index is 12.4. The molecule has 0 bridgehead atoms. The summed E-state index contributed by atoms with van der Waals surface area (Å²) in [7, 11) is 1.33. The van der Waals surface area contributed by atoms with Gasteiger partial charge in [-0.05, 0) is 35.9 Å². The van der Waals surface area contributed by atoms with Crippen LogP contribution < -0.4 is 10.1 Å². The molecule has 0 aliphatic rings. The zero-order chi connectivity index (χ0) is 22.6. The number of carboxylic acids is 1. The zero-order valence-electron chi connectivity index (χ0n) is 16.8. The number of ether oxygens (including phenoxy) is 3. The Morgan fingerprint density at radius 3 is 2.32 bits per heavy atom. The number of alkyl carbamates (subject to hydrolysis) is 1. The molecular formula is C22H23NO8. The van der Waals surface area contributed by atoms with Gasteiger partial charge in [0.1, 0.15) is 18.5 Å². The highest BCUT2D eigenvalue weighted by atomic mass is 16.6. The molecule has 0 aromatic heterocycles. The van der Waals surface area contributed by atoms with Crippen molar-refractivity contribution in [1.29, 1.82) is 0 Å². The van der Waals surface area contributed by atoms with Crippen molar-refractivity contribution in [2.75, 3.05) is 20.3 Å². The number of carbonyl (C=O) groups is 3. The highest BCUT2D eigenvalue weighted by molar-refractivity contribution is 6.02. The average Bonchev–Trinajstić information content (AvgIpc) is 2.78. The molecule has 2 aromatic rings. The van der Waals surface area contributed by atoms with Crippen LogP contribution in [-0.4, -0.2) is 54.6 Å². The van der Waals surface area contributed by atoms with Crippen molar-refractivity contribution in [3.05, 3.63) is 77.9 Å². The van der Waals surface area contributed by atoms with Crippen molar-refractivity contribution in [2.24, 2.45) is 0 Å². The minimum atomic E-state index is -1.20. The molecule has 0 saturated carbocycles. The van der Waals surface area contributed by atoms with Gasteiger partial charge in [-0.1, -0.05) is 30.3 Å². The lowest BCUT2D eigenvalue weighted by molar-refractivity contribution is -0.131. The smallest absolute Gasteiger partial charge is 0.414 e. The van der Waals surface area contributed by atoms with E-state index in [1.807, 2.05) is 0 Å². The van der Waals surface area contributed by atoms with E-state index < -0.39 is 30.2 Å². The number of carbonyl (C=O) groups excluding carboxylic acids is 2. The molecule has 0 unspecified atom stereocenters. The lowest BCUT2D eigenvalue weighted by Gasteiger charge is -2.24. The summed E-state index contributed by atoms with van der Waals surface area (Å²) in [5, 5.41) is 19.9. The fourth-order valence-electron chi connectivity index (χ4n) is 2.62. The summed E-state index contributed by atoms with van der Waals surface area (Å²) in [6.45, 7) is -0.0276. The molecule has 9 heteroatoms. The van der Waals surface area contributed by atoms with E-state index in [1.165, 1.54) is 13.2 Å².